The molecule has 4 nitrogen and oxygen atoms in total. The van der Waals surface area contributed by atoms with Crippen LogP contribution in [0.5, 0.6) is 0 Å². The summed E-state index contributed by atoms with van der Waals surface area (Å²) in [6.45, 7) is 7.28. The quantitative estimate of drug-likeness (QED) is 0.822. The SMILES string of the molecule is CCC1(CNc2nc(C)nc(NC)c2C)CC1. The van der Waals surface area contributed by atoms with Crippen LogP contribution in [-0.2, 0) is 0 Å². The molecule has 94 valence electrons. The molecule has 0 radical (unpaired) electrons. The van der Waals surface area contributed by atoms with E-state index in [1.807, 2.05) is 14.0 Å². The number of rotatable bonds is 5. The van der Waals surface area contributed by atoms with Gasteiger partial charge in [-0.3, -0.25) is 0 Å². The molecule has 1 aliphatic rings. The second-order valence-corrected chi connectivity index (χ2v) is 5.05. The molecule has 0 amide bonds. The van der Waals surface area contributed by atoms with Gasteiger partial charge in [0.05, 0.1) is 0 Å². The van der Waals surface area contributed by atoms with E-state index >= 15 is 0 Å². The Bertz CT molecular complexity index is 410. The topological polar surface area (TPSA) is 49.8 Å². The smallest absolute Gasteiger partial charge is 0.134 e. The Hall–Kier alpha value is -1.32. The molecule has 2 rings (SSSR count). The predicted molar refractivity (Wildman–Crippen MR) is 71.5 cm³/mol. The molecule has 1 aliphatic carbocycles. The maximum Gasteiger partial charge on any atom is 0.134 e. The predicted octanol–water partition coefficient (Wildman–Crippen LogP) is 2.74. The molecule has 1 saturated carbocycles. The van der Waals surface area contributed by atoms with Crippen molar-refractivity contribution in [2.24, 2.45) is 5.41 Å². The first-order chi connectivity index (χ1) is 8.10. The maximum atomic E-state index is 4.48. The van der Waals surface area contributed by atoms with Gasteiger partial charge in [0.1, 0.15) is 17.5 Å². The van der Waals surface area contributed by atoms with E-state index in [9.17, 15) is 0 Å². The van der Waals surface area contributed by atoms with Crippen LogP contribution in [0.25, 0.3) is 0 Å². The Morgan fingerprint density at radius 3 is 2.35 bits per heavy atom. The molecule has 1 fully saturated rings. The molecule has 0 aliphatic heterocycles. The van der Waals surface area contributed by atoms with Crippen molar-refractivity contribution in [3.8, 4) is 0 Å². The van der Waals surface area contributed by atoms with Crippen LogP contribution in [-0.4, -0.2) is 23.6 Å². The fraction of sp³-hybridized carbons (Fsp3) is 0.692. The normalized spacial score (nSPS) is 16.7. The number of nitrogens with one attached hydrogen (secondary N) is 2. The van der Waals surface area contributed by atoms with Gasteiger partial charge in [0.15, 0.2) is 0 Å². The third-order valence-electron chi connectivity index (χ3n) is 3.83. The van der Waals surface area contributed by atoms with Gasteiger partial charge in [-0.1, -0.05) is 6.92 Å². The summed E-state index contributed by atoms with van der Waals surface area (Å²) in [5, 5.41) is 6.60. The summed E-state index contributed by atoms with van der Waals surface area (Å²) in [7, 11) is 1.90. The summed E-state index contributed by atoms with van der Waals surface area (Å²) in [6.07, 6.45) is 3.94. The monoisotopic (exact) mass is 234 g/mol. The van der Waals surface area contributed by atoms with E-state index in [0.717, 1.165) is 29.6 Å². The lowest BCUT2D eigenvalue weighted by atomic mass is 10.0. The third kappa shape index (κ3) is 2.51. The minimum Gasteiger partial charge on any atom is -0.373 e. The van der Waals surface area contributed by atoms with Crippen LogP contribution in [0.4, 0.5) is 11.6 Å². The van der Waals surface area contributed by atoms with E-state index < -0.39 is 0 Å². The van der Waals surface area contributed by atoms with Crippen LogP contribution in [0.1, 0.15) is 37.6 Å². The molecule has 1 aromatic rings. The zero-order chi connectivity index (χ0) is 12.5. The van der Waals surface area contributed by atoms with Crippen molar-refractivity contribution >= 4 is 11.6 Å². The molecule has 4 heteroatoms. The highest BCUT2D eigenvalue weighted by Crippen LogP contribution is 2.48. The number of aromatic nitrogens is 2. The number of hydrogen-bond acceptors (Lipinski definition) is 4. The average Bonchev–Trinajstić information content (AvgIpc) is 3.10. The molecule has 1 aromatic heterocycles. The third-order valence-corrected chi connectivity index (χ3v) is 3.83. The molecule has 2 N–H and O–H groups in total. The van der Waals surface area contributed by atoms with Gasteiger partial charge < -0.3 is 10.6 Å². The highest BCUT2D eigenvalue weighted by molar-refractivity contribution is 5.57. The Morgan fingerprint density at radius 2 is 1.82 bits per heavy atom. The molecule has 0 atom stereocenters. The average molecular weight is 234 g/mol. The van der Waals surface area contributed by atoms with Gasteiger partial charge in [-0.25, -0.2) is 9.97 Å². The van der Waals surface area contributed by atoms with Gasteiger partial charge in [-0.15, -0.1) is 0 Å². The van der Waals surface area contributed by atoms with Crippen molar-refractivity contribution in [2.75, 3.05) is 24.2 Å². The standard InChI is InChI=1S/C13H22N4/c1-5-13(6-7-13)8-15-12-9(2)11(14-4)16-10(3)17-12/h5-8H2,1-4H3,(H2,14,15,16,17). The van der Waals surface area contributed by atoms with E-state index in [4.69, 9.17) is 0 Å². The zero-order valence-corrected chi connectivity index (χ0v) is 11.2. The van der Waals surface area contributed by atoms with Crippen LogP contribution in [0.2, 0.25) is 0 Å². The lowest BCUT2D eigenvalue weighted by molar-refractivity contribution is 0.520. The van der Waals surface area contributed by atoms with Crippen LogP contribution in [0, 0.1) is 19.3 Å². The van der Waals surface area contributed by atoms with Gasteiger partial charge in [0, 0.05) is 19.2 Å². The molecule has 0 unspecified atom stereocenters. The Balaban J connectivity index is 2.12. The van der Waals surface area contributed by atoms with Crippen LogP contribution >= 0.6 is 0 Å². The van der Waals surface area contributed by atoms with Crippen molar-refractivity contribution in [2.45, 2.75) is 40.0 Å². The second kappa shape index (κ2) is 4.51. The van der Waals surface area contributed by atoms with Crippen LogP contribution < -0.4 is 10.6 Å². The van der Waals surface area contributed by atoms with Gasteiger partial charge in [0.25, 0.3) is 0 Å². The van der Waals surface area contributed by atoms with E-state index in [1.165, 1.54) is 19.3 Å². The first-order valence-electron chi connectivity index (χ1n) is 6.37. The van der Waals surface area contributed by atoms with Gasteiger partial charge in [-0.05, 0) is 38.5 Å². The summed E-state index contributed by atoms with van der Waals surface area (Å²) >= 11 is 0. The molecule has 0 spiro atoms. The summed E-state index contributed by atoms with van der Waals surface area (Å²) in [4.78, 5) is 8.85. The van der Waals surface area contributed by atoms with Gasteiger partial charge in [-0.2, -0.15) is 0 Å². The van der Waals surface area contributed by atoms with Crippen molar-refractivity contribution < 1.29 is 0 Å². The summed E-state index contributed by atoms with van der Waals surface area (Å²) < 4.78 is 0. The first kappa shape index (κ1) is 12.1. The van der Waals surface area contributed by atoms with Gasteiger partial charge >= 0.3 is 0 Å². The number of nitrogens with zero attached hydrogens (tertiary/aromatic N) is 2. The lowest BCUT2D eigenvalue weighted by Gasteiger charge is -2.17. The molecule has 17 heavy (non-hydrogen) atoms. The van der Waals surface area contributed by atoms with E-state index in [2.05, 4.69) is 34.4 Å². The summed E-state index contributed by atoms with van der Waals surface area (Å²) in [5.41, 5.74) is 1.63. The van der Waals surface area contributed by atoms with Crippen molar-refractivity contribution in [3.63, 3.8) is 0 Å². The fourth-order valence-corrected chi connectivity index (χ4v) is 2.15. The Morgan fingerprint density at radius 1 is 1.18 bits per heavy atom. The lowest BCUT2D eigenvalue weighted by Crippen LogP contribution is -2.17. The highest BCUT2D eigenvalue weighted by Gasteiger charge is 2.40. The minimum atomic E-state index is 0.533. The Labute approximate surface area is 103 Å². The number of aryl methyl sites for hydroxylation is 1. The van der Waals surface area contributed by atoms with E-state index in [0.29, 0.717) is 5.41 Å². The van der Waals surface area contributed by atoms with E-state index in [1.54, 1.807) is 0 Å². The molecular weight excluding hydrogens is 212 g/mol. The van der Waals surface area contributed by atoms with Gasteiger partial charge in [0.2, 0.25) is 0 Å². The second-order valence-electron chi connectivity index (χ2n) is 5.05. The minimum absolute atomic E-state index is 0.533. The molecule has 0 bridgehead atoms. The Kier molecular flexibility index (Phi) is 3.22. The molecular formula is C13H22N4. The fourth-order valence-electron chi connectivity index (χ4n) is 2.15. The van der Waals surface area contributed by atoms with Crippen molar-refractivity contribution in [1.82, 2.24) is 9.97 Å². The maximum absolute atomic E-state index is 4.48. The van der Waals surface area contributed by atoms with Crippen molar-refractivity contribution in [1.29, 1.82) is 0 Å². The molecule has 1 heterocycles. The highest BCUT2D eigenvalue weighted by atomic mass is 15.1. The molecule has 0 saturated heterocycles. The summed E-state index contributed by atoms with van der Waals surface area (Å²) in [6, 6.07) is 0. The largest absolute Gasteiger partial charge is 0.373 e. The summed E-state index contributed by atoms with van der Waals surface area (Å²) in [5.74, 6) is 2.70. The molecule has 0 aromatic carbocycles. The van der Waals surface area contributed by atoms with Crippen LogP contribution in [0.15, 0.2) is 0 Å². The number of hydrogen-bond donors (Lipinski definition) is 2. The van der Waals surface area contributed by atoms with Crippen molar-refractivity contribution in [3.05, 3.63) is 11.4 Å². The first-order valence-corrected chi connectivity index (χ1v) is 6.37. The van der Waals surface area contributed by atoms with Crippen LogP contribution in [0.3, 0.4) is 0 Å². The number of anilines is 2. The zero-order valence-electron chi connectivity index (χ0n) is 11.2. The van der Waals surface area contributed by atoms with E-state index in [-0.39, 0.29) is 0 Å².